The van der Waals surface area contributed by atoms with E-state index in [9.17, 15) is 14.4 Å². The van der Waals surface area contributed by atoms with E-state index in [0.29, 0.717) is 19.4 Å². The van der Waals surface area contributed by atoms with Gasteiger partial charge in [-0.25, -0.2) is 9.59 Å². The van der Waals surface area contributed by atoms with Gasteiger partial charge in [-0.3, -0.25) is 4.79 Å². The van der Waals surface area contributed by atoms with E-state index >= 15 is 0 Å². The van der Waals surface area contributed by atoms with Crippen LogP contribution in [0.15, 0.2) is 73.3 Å². The molecule has 17 heteroatoms. The highest BCUT2D eigenvalue weighted by molar-refractivity contribution is 6.74. The number of alkyl carbamates (subject to hydrolysis) is 2. The van der Waals surface area contributed by atoms with Crippen molar-refractivity contribution in [3.05, 3.63) is 84.4 Å². The Bertz CT molecular complexity index is 2060. The van der Waals surface area contributed by atoms with E-state index in [4.69, 9.17) is 51.8 Å². The molecular formula is C55H82N2O14Si. The number of rotatable bonds is 20. The number of carbonyl (C=O) groups excluding carboxylic acids is 3. The summed E-state index contributed by atoms with van der Waals surface area (Å²) < 4.78 is 72.1. The molecule has 2 amide bonds. The molecule has 0 radical (unpaired) electrons. The molecular weight excluding hydrogens is 941 g/mol. The molecule has 7 rings (SSSR count). The second-order valence-corrected chi connectivity index (χ2v) is 26.9. The molecule has 0 unspecified atom stereocenters. The summed E-state index contributed by atoms with van der Waals surface area (Å²) in [5.41, 5.74) is 1.73. The molecule has 16 nitrogen and oxygen atoms in total. The van der Waals surface area contributed by atoms with Crippen molar-refractivity contribution in [3.8, 4) is 0 Å². The van der Waals surface area contributed by atoms with Gasteiger partial charge in [0.2, 0.25) is 0 Å². The lowest BCUT2D eigenvalue weighted by molar-refractivity contribution is -0.300. The summed E-state index contributed by atoms with van der Waals surface area (Å²) in [4.78, 5) is 39.9. The van der Waals surface area contributed by atoms with Crippen LogP contribution in [0.4, 0.5) is 9.59 Å². The van der Waals surface area contributed by atoms with E-state index in [2.05, 4.69) is 78.8 Å². The van der Waals surface area contributed by atoms with Gasteiger partial charge in [-0.2, -0.15) is 0 Å². The first-order valence-corrected chi connectivity index (χ1v) is 29.2. The second kappa shape index (κ2) is 25.1. The maximum absolute atomic E-state index is 13.8. The van der Waals surface area contributed by atoms with Crippen molar-refractivity contribution < 1.29 is 66.2 Å². The summed E-state index contributed by atoms with van der Waals surface area (Å²) in [5, 5.41) is 6.03. The average molecular weight is 1020 g/mol. The molecule has 5 aliphatic rings. The normalized spacial score (nSPS) is 34.9. The number of amides is 2. The van der Waals surface area contributed by atoms with Gasteiger partial charge in [0.15, 0.2) is 27.2 Å². The van der Waals surface area contributed by atoms with Crippen LogP contribution in [0.2, 0.25) is 18.1 Å². The molecule has 4 heterocycles. The molecule has 1 aliphatic carbocycles. The van der Waals surface area contributed by atoms with Crippen LogP contribution in [0.5, 0.6) is 0 Å². The van der Waals surface area contributed by atoms with Crippen molar-refractivity contribution in [2.24, 2.45) is 29.6 Å². The molecule has 2 aromatic carbocycles. The molecule has 1 saturated carbocycles. The number of fused-ring (bicyclic) bond motifs is 1. The summed E-state index contributed by atoms with van der Waals surface area (Å²) in [6.07, 6.45) is -4.46. The minimum atomic E-state index is -2.09. The standard InChI is InChI=1S/C55H82N2O14Si/c1-12-26-61-49-47(70-51-36(6)34(4)35(5)43(67-51)29-56-53(59)62-30-37-20-16-14-17-21-37)42(13-2)66-52(49)71-48-45-39(28-44(58)68-45)27-41(57-54(60)63-31-38-22-18-15-19-23-38)46(48)69-50-33(3)24-25-40(65-50)32-64-72(10,11)55(7,8)9/h12,14-23,33-36,39-43,45-52H,1,13,24-32H2,2-11H3,(H,56,59)(H,57,60)/t33-,34+,35+,36-,39+,40+,41+,42-,43+,45+,46-,47-,48-,49-,50-,51-,52+/m1/s1. The van der Waals surface area contributed by atoms with Gasteiger partial charge < -0.3 is 62.4 Å². The van der Waals surface area contributed by atoms with E-state index in [-0.39, 0.29) is 85.6 Å². The number of carbonyl (C=O) groups is 3. The Morgan fingerprint density at radius 2 is 1.39 bits per heavy atom. The fourth-order valence-electron chi connectivity index (χ4n) is 10.2. The predicted octanol–water partition coefficient (Wildman–Crippen LogP) is 9.20. The highest BCUT2D eigenvalue weighted by Crippen LogP contribution is 2.44. The molecule has 5 fully saturated rings. The maximum Gasteiger partial charge on any atom is 0.407 e. The van der Waals surface area contributed by atoms with E-state index < -0.39 is 82.0 Å². The monoisotopic (exact) mass is 1020 g/mol. The largest absolute Gasteiger partial charge is 0.459 e. The molecule has 72 heavy (non-hydrogen) atoms. The first-order valence-electron chi connectivity index (χ1n) is 26.3. The molecule has 4 aliphatic heterocycles. The second-order valence-electron chi connectivity index (χ2n) is 22.1. The zero-order valence-corrected chi connectivity index (χ0v) is 45.2. The average Bonchev–Trinajstić information content (AvgIpc) is 3.90. The van der Waals surface area contributed by atoms with Crippen molar-refractivity contribution in [1.82, 2.24) is 10.6 Å². The number of hydrogen-bond acceptors (Lipinski definition) is 14. The van der Waals surface area contributed by atoms with Crippen LogP contribution in [-0.4, -0.2) is 120 Å². The zero-order chi connectivity index (χ0) is 51.7. The van der Waals surface area contributed by atoms with E-state index in [1.165, 1.54) is 0 Å². The lowest BCUT2D eigenvalue weighted by atomic mass is 9.78. The van der Waals surface area contributed by atoms with Gasteiger partial charge in [0.05, 0.1) is 44.0 Å². The van der Waals surface area contributed by atoms with Crippen LogP contribution in [0.25, 0.3) is 0 Å². The third-order valence-corrected chi connectivity index (χ3v) is 20.5. The summed E-state index contributed by atoms with van der Waals surface area (Å²) in [6, 6.07) is 18.3. The van der Waals surface area contributed by atoms with E-state index in [1.54, 1.807) is 6.08 Å². The Balaban J connectivity index is 1.12. The van der Waals surface area contributed by atoms with Crippen LogP contribution < -0.4 is 10.6 Å². The highest BCUT2D eigenvalue weighted by atomic mass is 28.4. The fraction of sp³-hybridized carbons (Fsp3) is 0.691. The minimum absolute atomic E-state index is 0.0238. The topological polar surface area (TPSA) is 177 Å². The third kappa shape index (κ3) is 14.1. The van der Waals surface area contributed by atoms with Crippen molar-refractivity contribution in [2.45, 2.75) is 193 Å². The summed E-state index contributed by atoms with van der Waals surface area (Å²) >= 11 is 0. The predicted molar refractivity (Wildman–Crippen MR) is 271 cm³/mol. The summed E-state index contributed by atoms with van der Waals surface area (Å²) in [7, 11) is -2.09. The summed E-state index contributed by atoms with van der Waals surface area (Å²) in [6.45, 7) is 26.5. The smallest absolute Gasteiger partial charge is 0.407 e. The number of nitrogens with one attached hydrogen (secondary N) is 2. The van der Waals surface area contributed by atoms with E-state index in [0.717, 1.165) is 24.0 Å². The van der Waals surface area contributed by atoms with E-state index in [1.807, 2.05) is 67.6 Å². The van der Waals surface area contributed by atoms with Crippen molar-refractivity contribution in [1.29, 1.82) is 0 Å². The summed E-state index contributed by atoms with van der Waals surface area (Å²) in [5.74, 6) is -0.525. The van der Waals surface area contributed by atoms with Crippen LogP contribution >= 0.6 is 0 Å². The molecule has 17 atom stereocenters. The van der Waals surface area contributed by atoms with Gasteiger partial charge in [-0.1, -0.05) is 122 Å². The Kier molecular flexibility index (Phi) is 19.4. The van der Waals surface area contributed by atoms with Gasteiger partial charge in [-0.05, 0) is 66.8 Å². The van der Waals surface area contributed by atoms with Crippen LogP contribution in [0.3, 0.4) is 0 Å². The highest BCUT2D eigenvalue weighted by Gasteiger charge is 2.58. The van der Waals surface area contributed by atoms with Gasteiger partial charge in [0, 0.05) is 24.3 Å². The lowest BCUT2D eigenvalue weighted by Crippen LogP contribution is -2.62. The Hall–Kier alpha value is -3.91. The van der Waals surface area contributed by atoms with Crippen molar-refractivity contribution in [2.75, 3.05) is 19.8 Å². The zero-order valence-electron chi connectivity index (χ0n) is 44.2. The quantitative estimate of drug-likeness (QED) is 0.0555. The van der Waals surface area contributed by atoms with Gasteiger partial charge in [0.25, 0.3) is 0 Å². The Labute approximate surface area is 428 Å². The lowest BCUT2D eigenvalue weighted by Gasteiger charge is -2.47. The number of ether oxygens (including phenoxy) is 10. The first-order chi connectivity index (χ1) is 34.3. The SMILES string of the molecule is C=CCO[C@H]1[C@H](O[C@@H]2[C@H]3OC(=O)C[C@@H]3C[C@H](NC(=O)OCc3ccccc3)[C@H]2O[C@H]2O[C@H](CO[Si](C)(C)C(C)(C)C)CC[C@H]2C)O[C@H](CC)[C@H]1O[C@H]1O[C@@H](CNC(=O)OCc2ccccc2)[C@@H](C)[C@H](C)[C@H]1C. The third-order valence-electron chi connectivity index (χ3n) is 16.0. The minimum Gasteiger partial charge on any atom is -0.459 e. The Morgan fingerprint density at radius 3 is 2.03 bits per heavy atom. The fourth-order valence-corrected chi connectivity index (χ4v) is 11.2. The molecule has 0 aromatic heterocycles. The molecule has 0 spiro atoms. The van der Waals surface area contributed by atoms with Gasteiger partial charge in [0.1, 0.15) is 43.7 Å². The van der Waals surface area contributed by atoms with Gasteiger partial charge >= 0.3 is 18.2 Å². The van der Waals surface area contributed by atoms with Crippen molar-refractivity contribution in [3.63, 3.8) is 0 Å². The number of esters is 1. The molecule has 4 saturated heterocycles. The molecule has 2 aromatic rings. The van der Waals surface area contributed by atoms with Crippen LogP contribution in [0.1, 0.15) is 98.6 Å². The van der Waals surface area contributed by atoms with Gasteiger partial charge in [-0.15, -0.1) is 6.58 Å². The Morgan fingerprint density at radius 1 is 0.764 bits per heavy atom. The molecule has 0 bridgehead atoms. The first kappa shape index (κ1) is 55.8. The number of hydrogen-bond donors (Lipinski definition) is 2. The molecule has 400 valence electrons. The number of benzene rings is 2. The van der Waals surface area contributed by atoms with Crippen molar-refractivity contribution >= 4 is 26.5 Å². The molecule has 2 N–H and O–H groups in total. The maximum atomic E-state index is 13.8. The van der Waals surface area contributed by atoms with Crippen LogP contribution in [-0.2, 0) is 69.8 Å². The van der Waals surface area contributed by atoms with Crippen LogP contribution in [0, 0.1) is 29.6 Å².